The number of aromatic nitrogens is 3. The van der Waals surface area contributed by atoms with Crippen molar-refractivity contribution in [3.63, 3.8) is 0 Å². The second-order valence-electron chi connectivity index (χ2n) is 5.06. The molecule has 0 aliphatic heterocycles. The second-order valence-corrected chi connectivity index (χ2v) is 5.06. The minimum Gasteiger partial charge on any atom is -0.383 e. The lowest BCUT2D eigenvalue weighted by molar-refractivity contribution is 0.147. The molecule has 19 heavy (non-hydrogen) atoms. The molecular formula is C13H25N5O. The van der Waals surface area contributed by atoms with Crippen molar-refractivity contribution in [1.82, 2.24) is 25.2 Å². The predicted octanol–water partition coefficient (Wildman–Crippen LogP) is 0.498. The van der Waals surface area contributed by atoms with Crippen molar-refractivity contribution >= 4 is 0 Å². The van der Waals surface area contributed by atoms with Gasteiger partial charge in [0.1, 0.15) is 0 Å². The molecule has 1 aromatic heterocycles. The Bertz CT molecular complexity index is 364. The zero-order chi connectivity index (χ0) is 13.5. The molecule has 0 bridgehead atoms. The van der Waals surface area contributed by atoms with Gasteiger partial charge in [-0.15, -0.1) is 5.10 Å². The molecule has 0 saturated heterocycles. The first-order chi connectivity index (χ1) is 9.31. The molecule has 0 radical (unpaired) electrons. The van der Waals surface area contributed by atoms with E-state index in [4.69, 9.17) is 4.74 Å². The Morgan fingerprint density at radius 1 is 1.47 bits per heavy atom. The molecule has 6 heteroatoms. The van der Waals surface area contributed by atoms with Gasteiger partial charge in [-0.05, 0) is 19.4 Å². The maximum atomic E-state index is 5.11. The van der Waals surface area contributed by atoms with Gasteiger partial charge in [-0.1, -0.05) is 12.1 Å². The van der Waals surface area contributed by atoms with Gasteiger partial charge in [-0.2, -0.15) is 0 Å². The summed E-state index contributed by atoms with van der Waals surface area (Å²) in [7, 11) is 1.74. The molecule has 0 amide bonds. The van der Waals surface area contributed by atoms with Gasteiger partial charge in [0.05, 0.1) is 18.8 Å². The van der Waals surface area contributed by atoms with Crippen molar-refractivity contribution < 1.29 is 4.74 Å². The van der Waals surface area contributed by atoms with E-state index in [1.54, 1.807) is 7.11 Å². The van der Waals surface area contributed by atoms with Gasteiger partial charge in [-0.3, -0.25) is 9.58 Å². The molecule has 1 saturated carbocycles. The van der Waals surface area contributed by atoms with E-state index in [0.717, 1.165) is 51.1 Å². The van der Waals surface area contributed by atoms with Crippen LogP contribution in [0.5, 0.6) is 0 Å². The van der Waals surface area contributed by atoms with Crippen LogP contribution in [0.1, 0.15) is 25.5 Å². The minimum absolute atomic E-state index is 0.717. The van der Waals surface area contributed by atoms with Crippen LogP contribution >= 0.6 is 0 Å². The molecule has 1 aromatic rings. The number of likely N-dealkylation sites (N-methyl/N-ethyl adjacent to an activating group) is 1. The van der Waals surface area contributed by atoms with Gasteiger partial charge in [0.15, 0.2) is 0 Å². The average molecular weight is 267 g/mol. The maximum absolute atomic E-state index is 5.11. The van der Waals surface area contributed by atoms with Crippen LogP contribution < -0.4 is 5.32 Å². The molecule has 1 aliphatic carbocycles. The molecule has 1 fully saturated rings. The number of hydrogen-bond acceptors (Lipinski definition) is 5. The van der Waals surface area contributed by atoms with E-state index < -0.39 is 0 Å². The summed E-state index contributed by atoms with van der Waals surface area (Å²) >= 11 is 0. The molecule has 0 atom stereocenters. The number of ether oxygens (including phenoxy) is 1. The smallest absolute Gasteiger partial charge is 0.0964 e. The first-order valence-corrected chi connectivity index (χ1v) is 7.15. The molecule has 108 valence electrons. The summed E-state index contributed by atoms with van der Waals surface area (Å²) in [4.78, 5) is 2.35. The van der Waals surface area contributed by atoms with Crippen LogP contribution in [-0.4, -0.2) is 59.3 Å². The molecule has 6 nitrogen and oxygen atoms in total. The normalized spacial score (nSPS) is 15.3. The molecule has 0 spiro atoms. The Labute approximate surface area is 115 Å². The third-order valence-corrected chi connectivity index (χ3v) is 3.44. The lowest BCUT2D eigenvalue weighted by Gasteiger charge is -2.19. The summed E-state index contributed by atoms with van der Waals surface area (Å²) in [6, 6.07) is 0.717. The first-order valence-electron chi connectivity index (χ1n) is 7.15. The highest BCUT2D eigenvalue weighted by Crippen LogP contribution is 2.18. The van der Waals surface area contributed by atoms with Crippen LogP contribution in [0.25, 0.3) is 0 Å². The van der Waals surface area contributed by atoms with Gasteiger partial charge in [0, 0.05) is 39.0 Å². The Balaban J connectivity index is 1.68. The Kier molecular flexibility index (Phi) is 5.75. The zero-order valence-electron chi connectivity index (χ0n) is 12.0. The average Bonchev–Trinajstić information content (AvgIpc) is 3.15. The van der Waals surface area contributed by atoms with Gasteiger partial charge < -0.3 is 10.1 Å². The van der Waals surface area contributed by atoms with Crippen LogP contribution in [0, 0.1) is 0 Å². The number of nitrogens with one attached hydrogen (secondary N) is 1. The van der Waals surface area contributed by atoms with E-state index in [-0.39, 0.29) is 0 Å². The fourth-order valence-electron chi connectivity index (χ4n) is 1.96. The van der Waals surface area contributed by atoms with Gasteiger partial charge in [-0.25, -0.2) is 0 Å². The minimum atomic E-state index is 0.717. The van der Waals surface area contributed by atoms with Crippen molar-refractivity contribution in [1.29, 1.82) is 0 Å². The summed E-state index contributed by atoms with van der Waals surface area (Å²) in [6.45, 7) is 7.66. The quantitative estimate of drug-likeness (QED) is 0.669. The molecule has 1 aliphatic rings. The summed E-state index contributed by atoms with van der Waals surface area (Å²) in [5.41, 5.74) is 1.03. The lowest BCUT2D eigenvalue weighted by atomic mass is 10.4. The summed E-state index contributed by atoms with van der Waals surface area (Å²) in [5.74, 6) is 0. The predicted molar refractivity (Wildman–Crippen MR) is 73.9 cm³/mol. The molecule has 2 rings (SSSR count). The Morgan fingerprint density at radius 2 is 2.32 bits per heavy atom. The zero-order valence-corrected chi connectivity index (χ0v) is 12.0. The number of hydrogen-bond donors (Lipinski definition) is 1. The number of nitrogens with zero attached hydrogens (tertiary/aromatic N) is 4. The molecule has 1 N–H and O–H groups in total. The number of rotatable bonds is 10. The van der Waals surface area contributed by atoms with Crippen LogP contribution in [0.2, 0.25) is 0 Å². The van der Waals surface area contributed by atoms with E-state index in [9.17, 15) is 0 Å². The topological polar surface area (TPSA) is 55.2 Å². The monoisotopic (exact) mass is 267 g/mol. The van der Waals surface area contributed by atoms with E-state index in [1.807, 2.05) is 10.9 Å². The maximum Gasteiger partial charge on any atom is 0.0964 e. The van der Waals surface area contributed by atoms with Gasteiger partial charge in [0.2, 0.25) is 0 Å². The molecular weight excluding hydrogens is 242 g/mol. The van der Waals surface area contributed by atoms with Crippen LogP contribution in [-0.2, 0) is 17.8 Å². The van der Waals surface area contributed by atoms with E-state index in [0.29, 0.717) is 0 Å². The fraction of sp³-hybridized carbons (Fsp3) is 0.846. The van der Waals surface area contributed by atoms with E-state index in [2.05, 4.69) is 27.5 Å². The third-order valence-electron chi connectivity index (χ3n) is 3.44. The highest BCUT2D eigenvalue weighted by atomic mass is 16.5. The summed E-state index contributed by atoms with van der Waals surface area (Å²) in [5, 5.41) is 11.8. The fourth-order valence-corrected chi connectivity index (χ4v) is 1.96. The Morgan fingerprint density at radius 3 is 3.00 bits per heavy atom. The second kappa shape index (κ2) is 7.57. The third kappa shape index (κ3) is 5.26. The van der Waals surface area contributed by atoms with Crippen LogP contribution in [0.4, 0.5) is 0 Å². The highest BCUT2D eigenvalue weighted by molar-refractivity contribution is 4.94. The summed E-state index contributed by atoms with van der Waals surface area (Å²) in [6.07, 6.45) is 4.65. The van der Waals surface area contributed by atoms with Gasteiger partial charge in [0.25, 0.3) is 0 Å². The largest absolute Gasteiger partial charge is 0.383 e. The van der Waals surface area contributed by atoms with Crippen molar-refractivity contribution in [3.05, 3.63) is 11.9 Å². The van der Waals surface area contributed by atoms with Gasteiger partial charge >= 0.3 is 0 Å². The van der Waals surface area contributed by atoms with Crippen molar-refractivity contribution in [2.75, 3.05) is 33.4 Å². The Hall–Kier alpha value is -0.980. The number of methoxy groups -OCH3 is 1. The van der Waals surface area contributed by atoms with Crippen molar-refractivity contribution in [3.8, 4) is 0 Å². The molecule has 0 unspecified atom stereocenters. The van der Waals surface area contributed by atoms with Crippen molar-refractivity contribution in [2.24, 2.45) is 0 Å². The SMILES string of the molecule is CCN(CCOC)CCn1cc(CNC2CC2)nn1. The molecule has 1 heterocycles. The molecule has 0 aromatic carbocycles. The van der Waals surface area contributed by atoms with E-state index >= 15 is 0 Å². The lowest BCUT2D eigenvalue weighted by Crippen LogP contribution is -2.30. The van der Waals surface area contributed by atoms with Crippen LogP contribution in [0.3, 0.4) is 0 Å². The first kappa shape index (κ1) is 14.4. The highest BCUT2D eigenvalue weighted by Gasteiger charge is 2.20. The summed E-state index contributed by atoms with van der Waals surface area (Å²) < 4.78 is 7.04. The van der Waals surface area contributed by atoms with Crippen molar-refractivity contribution in [2.45, 2.75) is 38.9 Å². The van der Waals surface area contributed by atoms with E-state index in [1.165, 1.54) is 12.8 Å². The van der Waals surface area contributed by atoms with Crippen LogP contribution in [0.15, 0.2) is 6.20 Å². The standard InChI is InChI=1S/C13H25N5O/c1-3-17(8-9-19-2)6-7-18-11-13(15-16-18)10-14-12-4-5-12/h11-12,14H,3-10H2,1-2H3.